The van der Waals surface area contributed by atoms with Gasteiger partial charge in [-0.2, -0.15) is 0 Å². The van der Waals surface area contributed by atoms with E-state index in [0.29, 0.717) is 5.56 Å². The number of hydrogen-bond donors (Lipinski definition) is 0. The highest BCUT2D eigenvalue weighted by Gasteiger charge is 2.49. The van der Waals surface area contributed by atoms with Gasteiger partial charge in [0.15, 0.2) is 6.10 Å². The summed E-state index contributed by atoms with van der Waals surface area (Å²) in [4.78, 5) is 21.7. The van der Waals surface area contributed by atoms with E-state index in [9.17, 15) is 14.9 Å². The van der Waals surface area contributed by atoms with Gasteiger partial charge in [0, 0.05) is 6.07 Å². The molecule has 1 aliphatic rings. The highest BCUT2D eigenvalue weighted by atomic mass is 16.6. The number of nitro benzene ring substituents is 1. The summed E-state index contributed by atoms with van der Waals surface area (Å²) in [5, 5.41) is 10.8. The quantitative estimate of drug-likeness (QED) is 0.344. The minimum Gasteiger partial charge on any atom is -0.464 e. The maximum atomic E-state index is 11.4. The molecule has 17 heavy (non-hydrogen) atoms. The van der Waals surface area contributed by atoms with Gasteiger partial charge in [-0.25, -0.2) is 4.79 Å². The van der Waals surface area contributed by atoms with E-state index in [1.54, 1.807) is 25.1 Å². The van der Waals surface area contributed by atoms with Gasteiger partial charge < -0.3 is 9.47 Å². The number of ether oxygens (including phenoxy) is 2. The van der Waals surface area contributed by atoms with E-state index in [2.05, 4.69) is 0 Å². The Morgan fingerprint density at radius 2 is 2.24 bits per heavy atom. The molecule has 0 spiro atoms. The standard InChI is InChI=1S/C11H11NO5/c1-2-16-11(13)10-9(17-10)7-5-3-4-6-8(7)12(14)15/h3-6,9-10H,2H2,1H3/t9-,10+/m0/s1. The third kappa shape index (κ3) is 2.26. The third-order valence-corrected chi connectivity index (χ3v) is 2.45. The molecule has 0 N–H and O–H groups in total. The van der Waals surface area contributed by atoms with Crippen molar-refractivity contribution < 1.29 is 19.2 Å². The van der Waals surface area contributed by atoms with Crippen molar-refractivity contribution in [2.45, 2.75) is 19.1 Å². The Balaban J connectivity index is 2.16. The van der Waals surface area contributed by atoms with Gasteiger partial charge in [-0.3, -0.25) is 10.1 Å². The van der Waals surface area contributed by atoms with Crippen LogP contribution in [0.25, 0.3) is 0 Å². The smallest absolute Gasteiger partial charge is 0.338 e. The Labute approximate surface area is 97.3 Å². The third-order valence-electron chi connectivity index (χ3n) is 2.45. The lowest BCUT2D eigenvalue weighted by molar-refractivity contribution is -0.385. The highest BCUT2D eigenvalue weighted by Crippen LogP contribution is 2.43. The van der Waals surface area contributed by atoms with Crippen molar-refractivity contribution in [1.29, 1.82) is 0 Å². The Morgan fingerprint density at radius 3 is 2.88 bits per heavy atom. The molecule has 1 fully saturated rings. The lowest BCUT2D eigenvalue weighted by Gasteiger charge is -1.99. The van der Waals surface area contributed by atoms with Crippen molar-refractivity contribution >= 4 is 11.7 Å². The van der Waals surface area contributed by atoms with Crippen molar-refractivity contribution in [1.82, 2.24) is 0 Å². The fraction of sp³-hybridized carbons (Fsp3) is 0.364. The van der Waals surface area contributed by atoms with E-state index in [4.69, 9.17) is 9.47 Å². The number of carbonyl (C=O) groups excluding carboxylic acids is 1. The predicted molar refractivity (Wildman–Crippen MR) is 57.3 cm³/mol. The summed E-state index contributed by atoms with van der Waals surface area (Å²) < 4.78 is 9.91. The molecule has 0 aromatic heterocycles. The molecule has 0 unspecified atom stereocenters. The Bertz CT molecular complexity index is 459. The van der Waals surface area contributed by atoms with Crippen LogP contribution in [0.15, 0.2) is 24.3 Å². The molecule has 6 nitrogen and oxygen atoms in total. The lowest BCUT2D eigenvalue weighted by Crippen LogP contribution is -2.12. The maximum Gasteiger partial charge on any atom is 0.338 e. The molecule has 0 saturated carbocycles. The van der Waals surface area contributed by atoms with Crippen molar-refractivity contribution in [3.05, 3.63) is 39.9 Å². The molecular weight excluding hydrogens is 226 g/mol. The summed E-state index contributed by atoms with van der Waals surface area (Å²) in [7, 11) is 0. The molecule has 2 atom stereocenters. The molecule has 0 radical (unpaired) electrons. The summed E-state index contributed by atoms with van der Waals surface area (Å²) in [5.74, 6) is -0.476. The number of rotatable bonds is 4. The Morgan fingerprint density at radius 1 is 1.53 bits per heavy atom. The van der Waals surface area contributed by atoms with Crippen LogP contribution in [0, 0.1) is 10.1 Å². The summed E-state index contributed by atoms with van der Waals surface area (Å²) in [5.41, 5.74) is 0.375. The minimum absolute atomic E-state index is 0.0377. The first-order chi connectivity index (χ1) is 8.15. The first kappa shape index (κ1) is 11.5. The van der Waals surface area contributed by atoms with Gasteiger partial charge in [0.05, 0.1) is 17.1 Å². The number of hydrogen-bond acceptors (Lipinski definition) is 5. The predicted octanol–water partition coefficient (Wildman–Crippen LogP) is 1.60. The summed E-state index contributed by atoms with van der Waals surface area (Å²) in [6.45, 7) is 1.96. The van der Waals surface area contributed by atoms with Crippen molar-refractivity contribution in [3.8, 4) is 0 Å². The first-order valence-electron chi connectivity index (χ1n) is 5.20. The van der Waals surface area contributed by atoms with E-state index >= 15 is 0 Å². The lowest BCUT2D eigenvalue weighted by atomic mass is 10.1. The number of epoxide rings is 1. The summed E-state index contributed by atoms with van der Waals surface area (Å²) in [6, 6.07) is 6.22. The van der Waals surface area contributed by atoms with Gasteiger partial charge >= 0.3 is 5.97 Å². The number of nitro groups is 1. The Hall–Kier alpha value is -1.95. The first-order valence-corrected chi connectivity index (χ1v) is 5.20. The average Bonchev–Trinajstić information content (AvgIpc) is 3.09. The van der Waals surface area contributed by atoms with Crippen LogP contribution in [-0.4, -0.2) is 23.6 Å². The van der Waals surface area contributed by atoms with Crippen LogP contribution in [0.1, 0.15) is 18.6 Å². The number of esters is 1. The van der Waals surface area contributed by atoms with Crippen LogP contribution in [0.2, 0.25) is 0 Å². The van der Waals surface area contributed by atoms with Crippen LogP contribution < -0.4 is 0 Å². The largest absolute Gasteiger partial charge is 0.464 e. The second-order valence-electron chi connectivity index (χ2n) is 3.55. The number of benzene rings is 1. The fourth-order valence-electron chi connectivity index (χ4n) is 1.65. The normalized spacial score (nSPS) is 21.9. The number of carbonyl (C=O) groups is 1. The second-order valence-corrected chi connectivity index (χ2v) is 3.55. The molecule has 6 heteroatoms. The SMILES string of the molecule is CCOC(=O)[C@@H]1O[C@H]1c1ccccc1[N+](=O)[O-]. The van der Waals surface area contributed by atoms with Crippen LogP contribution in [0.4, 0.5) is 5.69 Å². The van der Waals surface area contributed by atoms with E-state index in [-0.39, 0.29) is 12.3 Å². The molecule has 0 amide bonds. The van der Waals surface area contributed by atoms with Gasteiger partial charge in [-0.1, -0.05) is 12.1 Å². The van der Waals surface area contributed by atoms with E-state index in [1.807, 2.05) is 0 Å². The molecule has 1 aromatic carbocycles. The molecule has 90 valence electrons. The molecule has 2 rings (SSSR count). The highest BCUT2D eigenvalue weighted by molar-refractivity contribution is 5.78. The van der Waals surface area contributed by atoms with Crippen LogP contribution in [0.5, 0.6) is 0 Å². The van der Waals surface area contributed by atoms with Crippen LogP contribution >= 0.6 is 0 Å². The molecule has 0 aliphatic carbocycles. The second kappa shape index (κ2) is 4.50. The molecular formula is C11H11NO5. The van der Waals surface area contributed by atoms with Crippen molar-refractivity contribution in [2.75, 3.05) is 6.61 Å². The van der Waals surface area contributed by atoms with E-state index in [0.717, 1.165) is 0 Å². The van der Waals surface area contributed by atoms with Gasteiger partial charge in [-0.15, -0.1) is 0 Å². The van der Waals surface area contributed by atoms with Crippen molar-refractivity contribution in [3.63, 3.8) is 0 Å². The zero-order valence-corrected chi connectivity index (χ0v) is 9.16. The Kier molecular flexibility index (Phi) is 3.06. The molecule has 0 bridgehead atoms. The average molecular weight is 237 g/mol. The minimum atomic E-state index is -0.712. The topological polar surface area (TPSA) is 82.0 Å². The zero-order valence-electron chi connectivity index (χ0n) is 9.16. The summed E-state index contributed by atoms with van der Waals surface area (Å²) >= 11 is 0. The van der Waals surface area contributed by atoms with E-state index in [1.165, 1.54) is 6.07 Å². The number of para-hydroxylation sites is 1. The van der Waals surface area contributed by atoms with Crippen molar-refractivity contribution in [2.24, 2.45) is 0 Å². The number of nitrogens with zero attached hydrogens (tertiary/aromatic N) is 1. The fourth-order valence-corrected chi connectivity index (χ4v) is 1.65. The van der Waals surface area contributed by atoms with E-state index < -0.39 is 23.1 Å². The molecule has 1 saturated heterocycles. The van der Waals surface area contributed by atoms with Gasteiger partial charge in [0.25, 0.3) is 5.69 Å². The molecule has 1 aliphatic heterocycles. The van der Waals surface area contributed by atoms with Gasteiger partial charge in [-0.05, 0) is 13.0 Å². The van der Waals surface area contributed by atoms with Crippen LogP contribution in [-0.2, 0) is 14.3 Å². The van der Waals surface area contributed by atoms with Gasteiger partial charge in [0.1, 0.15) is 6.10 Å². The van der Waals surface area contributed by atoms with Crippen LogP contribution in [0.3, 0.4) is 0 Å². The summed E-state index contributed by atoms with van der Waals surface area (Å²) in [6.07, 6.45) is -1.27. The van der Waals surface area contributed by atoms with Gasteiger partial charge in [0.2, 0.25) is 0 Å². The monoisotopic (exact) mass is 237 g/mol. The molecule has 1 heterocycles. The maximum absolute atomic E-state index is 11.4. The molecule has 1 aromatic rings. The zero-order chi connectivity index (χ0) is 12.4.